The molecule has 0 fully saturated rings. The fraction of sp³-hybridized carbons (Fsp3) is 0.235. The van der Waals surface area contributed by atoms with Crippen molar-refractivity contribution in [3.05, 3.63) is 57.1 Å². The Kier molecular flexibility index (Phi) is 6.47. The number of nitro benzene ring substituents is 1. The van der Waals surface area contributed by atoms with Crippen LogP contribution in [0.15, 0.2) is 41.3 Å². The Bertz CT molecular complexity index is 1020. The molecule has 2 aromatic carbocycles. The molecule has 28 heavy (non-hydrogen) atoms. The van der Waals surface area contributed by atoms with E-state index in [1.54, 1.807) is 0 Å². The zero-order valence-corrected chi connectivity index (χ0v) is 16.8. The highest BCUT2D eigenvalue weighted by Gasteiger charge is 2.32. The number of aryl methyl sites for hydroxylation is 1. The summed E-state index contributed by atoms with van der Waals surface area (Å²) in [5.74, 6) is -0.700. The van der Waals surface area contributed by atoms with Crippen LogP contribution in [0.3, 0.4) is 0 Å². The number of rotatable bonds is 7. The summed E-state index contributed by atoms with van der Waals surface area (Å²) in [6, 6.07) is 7.69. The van der Waals surface area contributed by atoms with E-state index in [2.05, 4.69) is 4.74 Å². The predicted octanol–water partition coefficient (Wildman–Crippen LogP) is 2.93. The third-order valence-electron chi connectivity index (χ3n) is 3.86. The number of carbonyl (C=O) groups excluding carboxylic acids is 1. The van der Waals surface area contributed by atoms with E-state index < -0.39 is 33.1 Å². The second-order valence-electron chi connectivity index (χ2n) is 5.61. The molecule has 0 atom stereocenters. The van der Waals surface area contributed by atoms with Gasteiger partial charge in [0.1, 0.15) is 12.3 Å². The lowest BCUT2D eigenvalue weighted by Crippen LogP contribution is -2.37. The maximum Gasteiger partial charge on any atom is 0.326 e. The molecule has 0 unspecified atom stereocenters. The van der Waals surface area contributed by atoms with Crippen LogP contribution in [0.1, 0.15) is 5.56 Å². The van der Waals surface area contributed by atoms with E-state index in [1.165, 1.54) is 44.4 Å². The minimum Gasteiger partial charge on any atom is -0.495 e. The first kappa shape index (κ1) is 21.5. The summed E-state index contributed by atoms with van der Waals surface area (Å²) in [6.45, 7) is 0.805. The zero-order valence-electron chi connectivity index (χ0n) is 15.2. The van der Waals surface area contributed by atoms with Crippen molar-refractivity contribution in [3.63, 3.8) is 0 Å². The van der Waals surface area contributed by atoms with E-state index in [1.807, 2.05) is 0 Å². The van der Waals surface area contributed by atoms with Crippen LogP contribution in [0.2, 0.25) is 5.02 Å². The highest BCUT2D eigenvalue weighted by atomic mass is 35.5. The summed E-state index contributed by atoms with van der Waals surface area (Å²) in [6.07, 6.45) is 0. The van der Waals surface area contributed by atoms with Crippen LogP contribution in [-0.2, 0) is 19.6 Å². The normalized spacial score (nSPS) is 11.0. The van der Waals surface area contributed by atoms with Gasteiger partial charge in [-0.1, -0.05) is 17.7 Å². The van der Waals surface area contributed by atoms with Crippen LogP contribution in [0, 0.1) is 17.0 Å². The third kappa shape index (κ3) is 4.34. The number of hydrogen-bond acceptors (Lipinski definition) is 7. The first-order valence-electron chi connectivity index (χ1n) is 7.80. The number of non-ortho nitro benzene ring substituents is 1. The number of methoxy groups -OCH3 is 2. The third-order valence-corrected chi connectivity index (χ3v) is 6.00. The van der Waals surface area contributed by atoms with Crippen molar-refractivity contribution in [2.75, 3.05) is 25.1 Å². The first-order valence-corrected chi connectivity index (χ1v) is 9.61. The number of esters is 1. The number of ether oxygens (including phenoxy) is 2. The lowest BCUT2D eigenvalue weighted by molar-refractivity contribution is -0.385. The Morgan fingerprint density at radius 2 is 1.89 bits per heavy atom. The van der Waals surface area contributed by atoms with Gasteiger partial charge >= 0.3 is 5.97 Å². The van der Waals surface area contributed by atoms with Crippen LogP contribution in [-0.4, -0.2) is 40.1 Å². The molecular weight excluding hydrogens is 412 g/mol. The Morgan fingerprint density at radius 1 is 1.21 bits per heavy atom. The SMILES string of the molecule is COC(=O)CN(c1cc(Cl)ccc1OC)S(=O)(=O)c1cc([N+](=O)[O-])ccc1C. The fourth-order valence-corrected chi connectivity index (χ4v) is 4.26. The molecule has 11 heteroatoms. The van der Waals surface area contributed by atoms with E-state index in [9.17, 15) is 23.3 Å². The Hall–Kier alpha value is -2.85. The maximum atomic E-state index is 13.4. The summed E-state index contributed by atoms with van der Waals surface area (Å²) in [5.41, 5.74) is -0.145. The van der Waals surface area contributed by atoms with E-state index >= 15 is 0 Å². The van der Waals surface area contributed by atoms with Gasteiger partial charge in [0.15, 0.2) is 0 Å². The van der Waals surface area contributed by atoms with Gasteiger partial charge in [0.25, 0.3) is 15.7 Å². The van der Waals surface area contributed by atoms with Crippen molar-refractivity contribution in [1.82, 2.24) is 0 Å². The van der Waals surface area contributed by atoms with Crippen molar-refractivity contribution in [1.29, 1.82) is 0 Å². The van der Waals surface area contributed by atoms with Crippen molar-refractivity contribution in [3.8, 4) is 5.75 Å². The Labute approximate surface area is 166 Å². The van der Waals surface area contributed by atoms with Crippen molar-refractivity contribution < 1.29 is 27.6 Å². The number of halogens is 1. The molecule has 0 aliphatic carbocycles. The van der Waals surface area contributed by atoms with Gasteiger partial charge in [0, 0.05) is 17.2 Å². The molecule has 0 saturated carbocycles. The van der Waals surface area contributed by atoms with Crippen molar-refractivity contribution in [2.45, 2.75) is 11.8 Å². The number of benzene rings is 2. The standard InChI is InChI=1S/C17H17ClN2O7S/c1-11-4-6-13(20(22)23)9-16(11)28(24,25)19(10-17(21)27-3)14-8-12(18)5-7-15(14)26-2/h4-9H,10H2,1-3H3. The number of nitro groups is 1. The number of carbonyl (C=O) groups is 1. The van der Waals surface area contributed by atoms with E-state index in [4.69, 9.17) is 16.3 Å². The summed E-state index contributed by atoms with van der Waals surface area (Å²) in [4.78, 5) is 22.0. The minimum atomic E-state index is -4.41. The molecule has 0 N–H and O–H groups in total. The lowest BCUT2D eigenvalue weighted by atomic mass is 10.2. The number of anilines is 1. The molecule has 0 heterocycles. The average molecular weight is 429 g/mol. The molecule has 0 spiro atoms. The second-order valence-corrected chi connectivity index (χ2v) is 7.88. The molecule has 0 aromatic heterocycles. The van der Waals surface area contributed by atoms with Gasteiger partial charge in [-0.25, -0.2) is 8.42 Å². The van der Waals surface area contributed by atoms with Crippen LogP contribution in [0.5, 0.6) is 5.75 Å². The van der Waals surface area contributed by atoms with Gasteiger partial charge < -0.3 is 9.47 Å². The Morgan fingerprint density at radius 3 is 2.46 bits per heavy atom. The lowest BCUT2D eigenvalue weighted by Gasteiger charge is -2.25. The quantitative estimate of drug-likeness (QED) is 0.378. The average Bonchev–Trinajstić information content (AvgIpc) is 2.65. The Balaban J connectivity index is 2.74. The monoisotopic (exact) mass is 428 g/mol. The summed E-state index contributed by atoms with van der Waals surface area (Å²) in [7, 11) is -1.97. The van der Waals surface area contributed by atoms with Crippen molar-refractivity contribution in [2.24, 2.45) is 0 Å². The summed E-state index contributed by atoms with van der Waals surface area (Å²) in [5, 5.41) is 11.3. The minimum absolute atomic E-state index is 0.00805. The van der Waals surface area contributed by atoms with Gasteiger partial charge in [-0.2, -0.15) is 0 Å². The number of sulfonamides is 1. The predicted molar refractivity (Wildman–Crippen MR) is 102 cm³/mol. The van der Waals surface area contributed by atoms with Crippen LogP contribution in [0.4, 0.5) is 11.4 Å². The number of hydrogen-bond donors (Lipinski definition) is 0. The second kappa shape index (κ2) is 8.44. The molecule has 0 bridgehead atoms. The summed E-state index contributed by atoms with van der Waals surface area (Å²) < 4.78 is 37.3. The molecule has 0 saturated heterocycles. The molecule has 9 nitrogen and oxygen atoms in total. The molecule has 2 rings (SSSR count). The van der Waals surface area contributed by atoms with Gasteiger partial charge in [0.2, 0.25) is 0 Å². The topological polar surface area (TPSA) is 116 Å². The summed E-state index contributed by atoms with van der Waals surface area (Å²) >= 11 is 6.00. The van der Waals surface area contributed by atoms with Gasteiger partial charge in [0.05, 0.1) is 29.7 Å². The van der Waals surface area contributed by atoms with Crippen molar-refractivity contribution >= 4 is 39.0 Å². The van der Waals surface area contributed by atoms with Crippen LogP contribution in [0.25, 0.3) is 0 Å². The smallest absolute Gasteiger partial charge is 0.326 e. The first-order chi connectivity index (χ1) is 13.1. The van der Waals surface area contributed by atoms with Gasteiger partial charge in [-0.3, -0.25) is 19.2 Å². The van der Waals surface area contributed by atoms with Gasteiger partial charge in [-0.15, -0.1) is 0 Å². The highest BCUT2D eigenvalue weighted by molar-refractivity contribution is 7.93. The molecule has 150 valence electrons. The molecular formula is C17H17ClN2O7S. The molecule has 2 aromatic rings. The molecule has 0 aliphatic rings. The molecule has 0 aliphatic heterocycles. The number of nitrogens with zero attached hydrogens (tertiary/aromatic N) is 2. The van der Waals surface area contributed by atoms with Crippen LogP contribution >= 0.6 is 11.6 Å². The highest BCUT2D eigenvalue weighted by Crippen LogP contribution is 2.36. The zero-order chi connectivity index (χ0) is 21.1. The maximum absolute atomic E-state index is 13.4. The van der Waals surface area contributed by atoms with Gasteiger partial charge in [-0.05, 0) is 30.7 Å². The largest absolute Gasteiger partial charge is 0.495 e. The van der Waals surface area contributed by atoms with E-state index in [0.717, 1.165) is 17.5 Å². The van der Waals surface area contributed by atoms with E-state index in [-0.39, 0.29) is 26.9 Å². The molecule has 0 amide bonds. The van der Waals surface area contributed by atoms with Crippen LogP contribution < -0.4 is 9.04 Å². The molecule has 0 radical (unpaired) electrons. The fourth-order valence-electron chi connectivity index (χ4n) is 2.44. The van der Waals surface area contributed by atoms with E-state index in [0.29, 0.717) is 0 Å².